The Bertz CT molecular complexity index is 1440. The number of carbonyl (C=O) groups is 1. The second-order valence-electron chi connectivity index (χ2n) is 8.83. The Morgan fingerprint density at radius 3 is 2.41 bits per heavy atom. The second-order valence-corrected chi connectivity index (χ2v) is 8.83. The molecule has 0 saturated heterocycles. The first-order chi connectivity index (χ1) is 18.3. The molecule has 0 atom stereocenters. The third-order valence-corrected chi connectivity index (χ3v) is 6.16. The van der Waals surface area contributed by atoms with Crippen LogP contribution >= 0.6 is 0 Å². The molecule has 14 heteroatoms. The van der Waals surface area contributed by atoms with E-state index in [4.69, 9.17) is 4.74 Å². The van der Waals surface area contributed by atoms with E-state index < -0.39 is 88.3 Å². The number of aromatic amines is 1. The average Bonchev–Trinajstić information content (AvgIpc) is 2.82. The lowest BCUT2D eigenvalue weighted by atomic mass is 9.81. The number of benzene rings is 2. The van der Waals surface area contributed by atoms with Crippen LogP contribution in [0.2, 0.25) is 0 Å². The quantitative estimate of drug-likeness (QED) is 0.360. The Hall–Kier alpha value is -3.81. The molecule has 0 spiro atoms. The number of alkyl halides is 5. The van der Waals surface area contributed by atoms with Gasteiger partial charge in [-0.05, 0) is 25.0 Å². The molecule has 1 heterocycles. The summed E-state index contributed by atoms with van der Waals surface area (Å²) < 4.78 is 114. The van der Waals surface area contributed by atoms with Crippen molar-refractivity contribution >= 4 is 5.91 Å². The van der Waals surface area contributed by atoms with Gasteiger partial charge < -0.3 is 15.0 Å². The van der Waals surface area contributed by atoms with Crippen LogP contribution < -0.4 is 10.9 Å². The first kappa shape index (κ1) is 28.2. The third kappa shape index (κ3) is 6.44. The molecule has 0 radical (unpaired) electrons. The lowest BCUT2D eigenvalue weighted by Gasteiger charge is -2.34. The predicted octanol–water partition coefficient (Wildman–Crippen LogP) is 5.42. The number of halogens is 8. The van der Waals surface area contributed by atoms with E-state index in [0.29, 0.717) is 18.2 Å². The highest BCUT2D eigenvalue weighted by Crippen LogP contribution is 2.39. The fourth-order valence-corrected chi connectivity index (χ4v) is 4.02. The summed E-state index contributed by atoms with van der Waals surface area (Å²) in [6.45, 7) is -0.690. The summed E-state index contributed by atoms with van der Waals surface area (Å²) in [6, 6.07) is 4.68. The number of rotatable bonds is 8. The Balaban J connectivity index is 1.43. The van der Waals surface area contributed by atoms with Gasteiger partial charge in [0, 0.05) is 35.7 Å². The van der Waals surface area contributed by atoms with Gasteiger partial charge >= 0.3 is 6.18 Å². The second kappa shape index (κ2) is 11.1. The number of ether oxygens (including phenoxy) is 1. The van der Waals surface area contributed by atoms with Crippen LogP contribution in [0.5, 0.6) is 0 Å². The zero-order chi connectivity index (χ0) is 28.5. The lowest BCUT2D eigenvalue weighted by molar-refractivity contribution is -0.137. The maximum absolute atomic E-state index is 15.3. The summed E-state index contributed by atoms with van der Waals surface area (Å²) in [4.78, 5) is 29.3. The minimum absolute atomic E-state index is 0.132. The van der Waals surface area contributed by atoms with Crippen molar-refractivity contribution in [1.29, 1.82) is 0 Å². The SMILES string of the molecule is O=c1cc(C(F)F)nc(-c2c(C(F)(F)F)ccc(CNC(=O)[C@H]3C[C@H](OCc4ccc(F)cc4F)C3)c2F)[nH]1. The first-order valence-electron chi connectivity index (χ1n) is 11.4. The van der Waals surface area contributed by atoms with Crippen LogP contribution in [0.3, 0.4) is 0 Å². The molecule has 0 unspecified atom stereocenters. The van der Waals surface area contributed by atoms with Gasteiger partial charge in [0.25, 0.3) is 12.0 Å². The molecule has 2 aromatic carbocycles. The van der Waals surface area contributed by atoms with Crippen molar-refractivity contribution in [3.8, 4) is 11.4 Å². The van der Waals surface area contributed by atoms with Crippen LogP contribution in [0.15, 0.2) is 41.2 Å². The zero-order valence-electron chi connectivity index (χ0n) is 19.7. The summed E-state index contributed by atoms with van der Waals surface area (Å²) >= 11 is 0. The predicted molar refractivity (Wildman–Crippen MR) is 120 cm³/mol. The molecule has 2 N–H and O–H groups in total. The van der Waals surface area contributed by atoms with Crippen molar-refractivity contribution in [2.75, 3.05) is 0 Å². The van der Waals surface area contributed by atoms with Crippen molar-refractivity contribution in [3.63, 3.8) is 0 Å². The molecular formula is C25H19F8N3O3. The van der Waals surface area contributed by atoms with Crippen LogP contribution in [0.25, 0.3) is 11.4 Å². The maximum Gasteiger partial charge on any atom is 0.417 e. The Morgan fingerprint density at radius 1 is 1.08 bits per heavy atom. The number of amides is 1. The number of aromatic nitrogens is 2. The molecule has 39 heavy (non-hydrogen) atoms. The molecule has 1 saturated carbocycles. The highest BCUT2D eigenvalue weighted by molar-refractivity contribution is 5.79. The smallest absolute Gasteiger partial charge is 0.373 e. The first-order valence-corrected chi connectivity index (χ1v) is 11.4. The van der Waals surface area contributed by atoms with Crippen molar-refractivity contribution in [1.82, 2.24) is 15.3 Å². The van der Waals surface area contributed by atoms with Crippen molar-refractivity contribution in [2.24, 2.45) is 5.92 Å². The van der Waals surface area contributed by atoms with E-state index in [-0.39, 0.29) is 25.0 Å². The van der Waals surface area contributed by atoms with Gasteiger partial charge in [-0.25, -0.2) is 26.9 Å². The largest absolute Gasteiger partial charge is 0.417 e. The number of nitrogens with one attached hydrogen (secondary N) is 2. The highest BCUT2D eigenvalue weighted by Gasteiger charge is 2.38. The minimum Gasteiger partial charge on any atom is -0.373 e. The molecule has 6 nitrogen and oxygen atoms in total. The molecule has 1 aliphatic carbocycles. The van der Waals surface area contributed by atoms with Gasteiger partial charge in [0.15, 0.2) is 0 Å². The van der Waals surface area contributed by atoms with E-state index in [9.17, 15) is 40.3 Å². The summed E-state index contributed by atoms with van der Waals surface area (Å²) in [7, 11) is 0. The van der Waals surface area contributed by atoms with E-state index >= 15 is 4.39 Å². The Kier molecular flexibility index (Phi) is 8.04. The fraction of sp³-hybridized carbons (Fsp3) is 0.320. The van der Waals surface area contributed by atoms with Gasteiger partial charge in [-0.15, -0.1) is 0 Å². The standard InChI is InChI=1S/C25H19F8N3O3/c26-14-3-1-12(17(27)7-14)10-39-15-5-13(6-15)24(38)34-9-11-2-4-16(25(31,32)33)20(21(11)28)23-35-18(22(29)30)8-19(37)36-23/h1-4,7-8,13,15,22H,5-6,9-10H2,(H,34,38)(H,35,36,37)/t13-,15-. The van der Waals surface area contributed by atoms with Gasteiger partial charge in [0.05, 0.1) is 23.8 Å². The molecule has 1 aliphatic rings. The topological polar surface area (TPSA) is 84.1 Å². The molecule has 208 valence electrons. The molecule has 3 aromatic rings. The van der Waals surface area contributed by atoms with Crippen LogP contribution in [0.4, 0.5) is 35.1 Å². The summed E-state index contributed by atoms with van der Waals surface area (Å²) in [5.74, 6) is -5.16. The molecule has 1 amide bonds. The number of H-pyrrole nitrogens is 1. The number of nitrogens with zero attached hydrogens (tertiary/aromatic N) is 1. The number of hydrogen-bond donors (Lipinski definition) is 2. The van der Waals surface area contributed by atoms with Crippen LogP contribution in [0, 0.1) is 23.4 Å². The molecule has 1 aromatic heterocycles. The minimum atomic E-state index is -5.12. The average molecular weight is 561 g/mol. The molecular weight excluding hydrogens is 542 g/mol. The van der Waals surface area contributed by atoms with Gasteiger partial charge in [-0.2, -0.15) is 13.2 Å². The van der Waals surface area contributed by atoms with E-state index in [0.717, 1.165) is 12.1 Å². The van der Waals surface area contributed by atoms with Crippen LogP contribution in [-0.2, 0) is 28.9 Å². The summed E-state index contributed by atoms with van der Waals surface area (Å²) in [5, 5.41) is 2.40. The van der Waals surface area contributed by atoms with Crippen molar-refractivity contribution in [2.45, 2.75) is 44.7 Å². The normalized spacial score (nSPS) is 17.3. The monoisotopic (exact) mass is 561 g/mol. The Morgan fingerprint density at radius 2 is 1.77 bits per heavy atom. The molecule has 4 rings (SSSR count). The van der Waals surface area contributed by atoms with Gasteiger partial charge in [0.1, 0.15) is 29.0 Å². The molecule has 1 fully saturated rings. The van der Waals surface area contributed by atoms with Crippen molar-refractivity contribution in [3.05, 3.63) is 86.6 Å². The molecule has 0 bridgehead atoms. The fourth-order valence-electron chi connectivity index (χ4n) is 4.02. The van der Waals surface area contributed by atoms with E-state index in [1.165, 1.54) is 6.07 Å². The van der Waals surface area contributed by atoms with Gasteiger partial charge in [0.2, 0.25) is 5.91 Å². The van der Waals surface area contributed by atoms with E-state index in [1.54, 1.807) is 0 Å². The summed E-state index contributed by atoms with van der Waals surface area (Å²) in [5.41, 5.74) is -5.40. The van der Waals surface area contributed by atoms with E-state index in [1.807, 2.05) is 4.98 Å². The number of carbonyl (C=O) groups excluding carboxylic acids is 1. The van der Waals surface area contributed by atoms with Crippen LogP contribution in [-0.4, -0.2) is 22.0 Å². The molecule has 0 aliphatic heterocycles. The Labute approximate surface area is 215 Å². The van der Waals surface area contributed by atoms with Gasteiger partial charge in [-0.1, -0.05) is 12.1 Å². The third-order valence-electron chi connectivity index (χ3n) is 6.16. The maximum atomic E-state index is 15.3. The van der Waals surface area contributed by atoms with E-state index in [2.05, 4.69) is 10.3 Å². The van der Waals surface area contributed by atoms with Gasteiger partial charge in [-0.3, -0.25) is 9.59 Å². The zero-order valence-corrected chi connectivity index (χ0v) is 19.7. The lowest BCUT2D eigenvalue weighted by Crippen LogP contribution is -2.42. The number of hydrogen-bond acceptors (Lipinski definition) is 4. The van der Waals surface area contributed by atoms with Crippen LogP contribution in [0.1, 0.15) is 41.7 Å². The highest BCUT2D eigenvalue weighted by atomic mass is 19.4. The summed E-state index contributed by atoms with van der Waals surface area (Å²) in [6.07, 6.45) is -8.34. The van der Waals surface area contributed by atoms with Crippen molar-refractivity contribution < 1.29 is 44.7 Å².